The number of ether oxygens (including phenoxy) is 3. The Morgan fingerprint density at radius 1 is 1.07 bits per heavy atom. The smallest absolute Gasteiger partial charge is 0.243 e. The van der Waals surface area contributed by atoms with Crippen molar-refractivity contribution in [1.82, 2.24) is 5.32 Å². The van der Waals surface area contributed by atoms with E-state index in [0.29, 0.717) is 11.4 Å². The summed E-state index contributed by atoms with van der Waals surface area (Å²) in [4.78, 5) is 12.5. The van der Waals surface area contributed by atoms with Crippen molar-refractivity contribution in [2.45, 2.75) is 26.3 Å². The van der Waals surface area contributed by atoms with E-state index < -0.39 is 6.04 Å². The third-order valence-electron chi connectivity index (χ3n) is 4.91. The van der Waals surface area contributed by atoms with Gasteiger partial charge < -0.3 is 24.8 Å². The van der Waals surface area contributed by atoms with Gasteiger partial charge in [0.15, 0.2) is 0 Å². The third-order valence-corrected chi connectivity index (χ3v) is 4.91. The van der Waals surface area contributed by atoms with Gasteiger partial charge in [-0.15, -0.1) is 0 Å². The van der Waals surface area contributed by atoms with Gasteiger partial charge in [0.05, 0.1) is 26.5 Å². The van der Waals surface area contributed by atoms with Crippen LogP contribution < -0.4 is 20.1 Å². The molecule has 1 amide bonds. The highest BCUT2D eigenvalue weighted by molar-refractivity contribution is 5.96. The molecule has 1 atom stereocenters. The number of methoxy groups -OCH3 is 3. The largest absolute Gasteiger partial charge is 0.496 e. The molecule has 162 valence electrons. The van der Waals surface area contributed by atoms with Crippen molar-refractivity contribution in [2.24, 2.45) is 0 Å². The first-order chi connectivity index (χ1) is 14.5. The summed E-state index contributed by atoms with van der Waals surface area (Å²) in [6, 6.07) is 9.47. The summed E-state index contributed by atoms with van der Waals surface area (Å²) in [5, 5.41) is 5.87. The molecule has 0 aliphatic heterocycles. The molecular formula is C24H32N2O4. The van der Waals surface area contributed by atoms with Crippen LogP contribution in [-0.4, -0.2) is 46.9 Å². The lowest BCUT2D eigenvalue weighted by molar-refractivity contribution is -0.119. The van der Waals surface area contributed by atoms with Crippen LogP contribution in [0.2, 0.25) is 0 Å². The molecule has 2 N–H and O–H groups in total. The van der Waals surface area contributed by atoms with E-state index in [9.17, 15) is 4.79 Å². The molecule has 0 saturated heterocycles. The lowest BCUT2D eigenvalue weighted by Gasteiger charge is -2.17. The number of carbonyl (C=O) groups excluding carboxylic acids is 1. The summed E-state index contributed by atoms with van der Waals surface area (Å²) in [5.74, 6) is 1.36. The predicted octanol–water partition coefficient (Wildman–Crippen LogP) is 3.92. The monoisotopic (exact) mass is 412 g/mol. The van der Waals surface area contributed by atoms with Crippen LogP contribution in [0, 0.1) is 6.92 Å². The molecule has 6 heteroatoms. The molecule has 0 heterocycles. The van der Waals surface area contributed by atoms with Crippen LogP contribution in [-0.2, 0) is 16.0 Å². The van der Waals surface area contributed by atoms with Gasteiger partial charge in [-0.2, -0.15) is 0 Å². The number of nitrogens with one attached hydrogen (secondary N) is 2. The Bertz CT molecular complexity index is 893. The number of likely N-dealkylation sites (N-methyl/N-ethyl adjacent to an activating group) is 1. The third kappa shape index (κ3) is 5.84. The Morgan fingerprint density at radius 2 is 1.80 bits per heavy atom. The van der Waals surface area contributed by atoms with Crippen LogP contribution in [0.3, 0.4) is 0 Å². The van der Waals surface area contributed by atoms with Crippen molar-refractivity contribution in [1.29, 1.82) is 0 Å². The number of hydrogen-bond donors (Lipinski definition) is 2. The SMILES string of the molecule is CCc1cc(/C=C\c2ccc(OC)c(NC(=O)[C@H](COC)NC)c2)cc(C)c1OC. The van der Waals surface area contributed by atoms with Gasteiger partial charge in [-0.3, -0.25) is 4.79 Å². The Balaban J connectivity index is 2.28. The van der Waals surface area contributed by atoms with E-state index in [1.165, 1.54) is 5.56 Å². The number of rotatable bonds is 10. The Labute approximate surface area is 179 Å². The molecule has 0 aliphatic rings. The molecule has 0 aromatic heterocycles. The van der Waals surface area contributed by atoms with Crippen molar-refractivity contribution in [3.8, 4) is 11.5 Å². The van der Waals surface area contributed by atoms with Gasteiger partial charge in [0.2, 0.25) is 5.91 Å². The summed E-state index contributed by atoms with van der Waals surface area (Å²) in [7, 11) is 6.57. The fraction of sp³-hybridized carbons (Fsp3) is 0.375. The average Bonchev–Trinajstić information content (AvgIpc) is 2.75. The molecule has 0 aliphatic carbocycles. The molecule has 2 rings (SSSR count). The second kappa shape index (κ2) is 11.4. The number of carbonyl (C=O) groups is 1. The molecule has 2 aromatic rings. The molecular weight excluding hydrogens is 380 g/mol. The first-order valence-electron chi connectivity index (χ1n) is 9.98. The normalized spacial score (nSPS) is 12.1. The second-order valence-electron chi connectivity index (χ2n) is 6.96. The molecule has 0 saturated carbocycles. The molecule has 0 unspecified atom stereocenters. The van der Waals surface area contributed by atoms with Crippen LogP contribution in [0.4, 0.5) is 5.69 Å². The maximum atomic E-state index is 12.5. The van der Waals surface area contributed by atoms with Crippen molar-refractivity contribution in [2.75, 3.05) is 40.3 Å². The molecule has 6 nitrogen and oxygen atoms in total. The standard InChI is InChI=1S/C24H32N2O4/c1-7-19-13-18(12-16(2)23(19)30-6)9-8-17-10-11-22(29-5)20(14-17)26-24(27)21(25-3)15-28-4/h8-14,21,25H,7,15H2,1-6H3,(H,26,27)/b9-8-/t21-/m0/s1. The minimum absolute atomic E-state index is 0.183. The summed E-state index contributed by atoms with van der Waals surface area (Å²) < 4.78 is 16.0. The van der Waals surface area contributed by atoms with Crippen LogP contribution >= 0.6 is 0 Å². The van der Waals surface area contributed by atoms with Gasteiger partial charge in [0.1, 0.15) is 17.5 Å². The van der Waals surface area contributed by atoms with Gasteiger partial charge in [-0.1, -0.05) is 25.1 Å². The van der Waals surface area contributed by atoms with Crippen molar-refractivity contribution in [3.63, 3.8) is 0 Å². The highest BCUT2D eigenvalue weighted by Gasteiger charge is 2.18. The van der Waals surface area contributed by atoms with Crippen LogP contribution in [0.25, 0.3) is 12.2 Å². The van der Waals surface area contributed by atoms with Gasteiger partial charge in [-0.05, 0) is 66.9 Å². The summed E-state index contributed by atoms with van der Waals surface area (Å²) in [6.45, 7) is 4.45. The maximum absolute atomic E-state index is 12.5. The molecule has 0 radical (unpaired) electrons. The van der Waals surface area contributed by atoms with Crippen molar-refractivity contribution in [3.05, 3.63) is 52.6 Å². The first-order valence-corrected chi connectivity index (χ1v) is 9.98. The Hall–Kier alpha value is -2.83. The number of anilines is 1. The minimum atomic E-state index is -0.450. The Morgan fingerprint density at radius 3 is 2.40 bits per heavy atom. The average molecular weight is 413 g/mol. The van der Waals surface area contributed by atoms with Crippen LogP contribution in [0.5, 0.6) is 11.5 Å². The number of benzene rings is 2. The van der Waals surface area contributed by atoms with Crippen molar-refractivity contribution >= 4 is 23.7 Å². The van der Waals surface area contributed by atoms with E-state index in [1.54, 1.807) is 28.4 Å². The van der Waals surface area contributed by atoms with Gasteiger partial charge in [0.25, 0.3) is 0 Å². The van der Waals surface area contributed by atoms with E-state index in [-0.39, 0.29) is 12.5 Å². The van der Waals surface area contributed by atoms with E-state index in [1.807, 2.05) is 24.3 Å². The predicted molar refractivity (Wildman–Crippen MR) is 122 cm³/mol. The first kappa shape index (κ1) is 23.4. The number of amides is 1. The van der Waals surface area contributed by atoms with Crippen LogP contribution in [0.1, 0.15) is 29.2 Å². The maximum Gasteiger partial charge on any atom is 0.243 e. The highest BCUT2D eigenvalue weighted by atomic mass is 16.5. The number of hydrogen-bond acceptors (Lipinski definition) is 5. The molecule has 0 bridgehead atoms. The highest BCUT2D eigenvalue weighted by Crippen LogP contribution is 2.28. The number of aryl methyl sites for hydroxylation is 2. The zero-order valence-corrected chi connectivity index (χ0v) is 18.7. The molecule has 2 aromatic carbocycles. The van der Waals surface area contributed by atoms with Gasteiger partial charge >= 0.3 is 0 Å². The quantitative estimate of drug-likeness (QED) is 0.579. The minimum Gasteiger partial charge on any atom is -0.496 e. The lowest BCUT2D eigenvalue weighted by Crippen LogP contribution is -2.41. The van der Waals surface area contributed by atoms with E-state index in [0.717, 1.165) is 28.9 Å². The van der Waals surface area contributed by atoms with E-state index in [2.05, 4.69) is 42.7 Å². The fourth-order valence-electron chi connectivity index (χ4n) is 3.32. The van der Waals surface area contributed by atoms with Gasteiger partial charge in [0, 0.05) is 7.11 Å². The lowest BCUT2D eigenvalue weighted by atomic mass is 10.0. The summed E-state index contributed by atoms with van der Waals surface area (Å²) in [5.41, 5.74) is 4.94. The van der Waals surface area contributed by atoms with E-state index >= 15 is 0 Å². The molecule has 0 spiro atoms. The summed E-state index contributed by atoms with van der Waals surface area (Å²) >= 11 is 0. The zero-order valence-electron chi connectivity index (χ0n) is 18.7. The van der Waals surface area contributed by atoms with Crippen LogP contribution in [0.15, 0.2) is 30.3 Å². The van der Waals surface area contributed by atoms with Crippen molar-refractivity contribution < 1.29 is 19.0 Å². The second-order valence-corrected chi connectivity index (χ2v) is 6.96. The molecule has 30 heavy (non-hydrogen) atoms. The van der Waals surface area contributed by atoms with Gasteiger partial charge in [-0.25, -0.2) is 0 Å². The van der Waals surface area contributed by atoms with E-state index in [4.69, 9.17) is 14.2 Å². The Kier molecular flexibility index (Phi) is 8.89. The zero-order chi connectivity index (χ0) is 22.1. The fourth-order valence-corrected chi connectivity index (χ4v) is 3.32. The molecule has 0 fully saturated rings. The topological polar surface area (TPSA) is 68.8 Å². The summed E-state index contributed by atoms with van der Waals surface area (Å²) in [6.07, 6.45) is 4.97.